The van der Waals surface area contributed by atoms with Gasteiger partial charge in [0.1, 0.15) is 0 Å². The average Bonchev–Trinajstić information content (AvgIpc) is 3.12. The van der Waals surface area contributed by atoms with Crippen molar-refractivity contribution in [3.05, 3.63) is 40.3 Å². The number of ether oxygens (including phenoxy) is 3. The Balaban J connectivity index is 2.00. The predicted molar refractivity (Wildman–Crippen MR) is 128 cm³/mol. The maximum atomic E-state index is 12.9. The molecule has 0 saturated heterocycles. The largest absolute Gasteiger partial charge is 0.494 e. The molecule has 33 heavy (non-hydrogen) atoms. The fourth-order valence-electron chi connectivity index (χ4n) is 4.36. The molecule has 0 amide bonds. The summed E-state index contributed by atoms with van der Waals surface area (Å²) in [5.41, 5.74) is 3.74. The van der Waals surface area contributed by atoms with Crippen LogP contribution in [0.2, 0.25) is 5.02 Å². The summed E-state index contributed by atoms with van der Waals surface area (Å²) in [6, 6.07) is 2.12. The van der Waals surface area contributed by atoms with Gasteiger partial charge >= 0.3 is 5.97 Å². The number of methoxy groups -OCH3 is 2. The van der Waals surface area contributed by atoms with Gasteiger partial charge in [0, 0.05) is 29.7 Å². The van der Waals surface area contributed by atoms with Crippen LogP contribution in [0, 0.1) is 13.8 Å². The number of aromatic nitrogens is 3. The molecule has 0 unspecified atom stereocenters. The van der Waals surface area contributed by atoms with Gasteiger partial charge in [0.25, 0.3) is 0 Å². The monoisotopic (exact) mass is 472 g/mol. The highest BCUT2D eigenvalue weighted by molar-refractivity contribution is 6.36. The van der Waals surface area contributed by atoms with Crippen molar-refractivity contribution in [3.8, 4) is 5.75 Å². The number of carbonyl (C=O) groups excluding carboxylic acids is 1. The van der Waals surface area contributed by atoms with E-state index in [-0.39, 0.29) is 0 Å². The van der Waals surface area contributed by atoms with E-state index < -0.39 is 17.7 Å². The molecular weight excluding hydrogens is 444 g/mol. The zero-order valence-electron chi connectivity index (χ0n) is 20.0. The topological polar surface area (TPSA) is 78.7 Å². The SMILES string of the molecule is COC(=O)[C@@H](OC(C)(C)C)c1c(Cl)c2c3c(cc(C)n3CCN2c2ncc(OC)cn2)c1C. The highest BCUT2D eigenvalue weighted by atomic mass is 35.5. The third-order valence-electron chi connectivity index (χ3n) is 5.84. The fourth-order valence-corrected chi connectivity index (χ4v) is 4.79. The van der Waals surface area contributed by atoms with Crippen molar-refractivity contribution in [2.75, 3.05) is 25.7 Å². The second kappa shape index (κ2) is 8.50. The first kappa shape index (κ1) is 23.3. The third-order valence-corrected chi connectivity index (χ3v) is 6.22. The van der Waals surface area contributed by atoms with Gasteiger partial charge in [-0.25, -0.2) is 14.8 Å². The van der Waals surface area contributed by atoms with Gasteiger partial charge in [-0.15, -0.1) is 0 Å². The van der Waals surface area contributed by atoms with Crippen molar-refractivity contribution in [2.45, 2.75) is 52.9 Å². The Morgan fingerprint density at radius 3 is 2.39 bits per heavy atom. The Labute approximate surface area is 198 Å². The van der Waals surface area contributed by atoms with Crippen LogP contribution in [0.3, 0.4) is 0 Å². The number of anilines is 2. The first-order valence-electron chi connectivity index (χ1n) is 10.8. The maximum Gasteiger partial charge on any atom is 0.339 e. The fraction of sp³-hybridized carbons (Fsp3) is 0.458. The molecule has 0 saturated carbocycles. The first-order chi connectivity index (χ1) is 15.6. The van der Waals surface area contributed by atoms with E-state index in [4.69, 9.17) is 25.8 Å². The van der Waals surface area contributed by atoms with E-state index >= 15 is 0 Å². The molecule has 0 N–H and O–H groups in total. The molecular formula is C24H29ClN4O4. The summed E-state index contributed by atoms with van der Waals surface area (Å²) in [6.07, 6.45) is 2.27. The number of rotatable bonds is 5. The first-order valence-corrected chi connectivity index (χ1v) is 11.2. The van der Waals surface area contributed by atoms with Crippen molar-refractivity contribution in [3.63, 3.8) is 0 Å². The molecule has 9 heteroatoms. The normalized spacial score (nSPS) is 14.5. The lowest BCUT2D eigenvalue weighted by atomic mass is 9.96. The zero-order valence-corrected chi connectivity index (χ0v) is 20.8. The van der Waals surface area contributed by atoms with Crippen molar-refractivity contribution in [1.82, 2.24) is 14.5 Å². The van der Waals surface area contributed by atoms with Crippen LogP contribution in [0.15, 0.2) is 18.5 Å². The molecule has 1 atom stereocenters. The van der Waals surface area contributed by atoms with Crippen molar-refractivity contribution in [2.24, 2.45) is 0 Å². The number of carbonyl (C=O) groups is 1. The minimum absolute atomic E-state index is 0.429. The number of esters is 1. The Morgan fingerprint density at radius 2 is 1.82 bits per heavy atom. The Bertz CT molecular complexity index is 1210. The smallest absolute Gasteiger partial charge is 0.339 e. The molecule has 0 bridgehead atoms. The zero-order chi connectivity index (χ0) is 24.1. The van der Waals surface area contributed by atoms with Crippen LogP contribution in [-0.2, 0) is 20.8 Å². The van der Waals surface area contributed by atoms with Gasteiger partial charge in [-0.3, -0.25) is 0 Å². The molecule has 2 aromatic heterocycles. The van der Waals surface area contributed by atoms with Gasteiger partial charge in [-0.1, -0.05) is 11.6 Å². The number of halogens is 1. The molecule has 0 fully saturated rings. The van der Waals surface area contributed by atoms with Crippen LogP contribution in [0.4, 0.5) is 11.6 Å². The van der Waals surface area contributed by atoms with Crippen molar-refractivity contribution in [1.29, 1.82) is 0 Å². The summed E-state index contributed by atoms with van der Waals surface area (Å²) >= 11 is 7.11. The van der Waals surface area contributed by atoms with E-state index in [9.17, 15) is 4.79 Å². The molecule has 0 radical (unpaired) electrons. The number of hydrogen-bond donors (Lipinski definition) is 0. The van der Waals surface area contributed by atoms with Crippen LogP contribution < -0.4 is 9.64 Å². The Hall–Kier alpha value is -2.84. The lowest BCUT2D eigenvalue weighted by Crippen LogP contribution is -2.32. The lowest BCUT2D eigenvalue weighted by Gasteiger charge is -2.33. The highest BCUT2D eigenvalue weighted by Crippen LogP contribution is 2.48. The van der Waals surface area contributed by atoms with Crippen molar-refractivity contribution < 1.29 is 19.0 Å². The Morgan fingerprint density at radius 1 is 1.15 bits per heavy atom. The van der Waals surface area contributed by atoms with Crippen LogP contribution in [0.1, 0.15) is 43.7 Å². The van der Waals surface area contributed by atoms with Gasteiger partial charge in [0.05, 0.1) is 48.4 Å². The van der Waals surface area contributed by atoms with E-state index in [1.54, 1.807) is 19.5 Å². The van der Waals surface area contributed by atoms with E-state index in [0.29, 0.717) is 28.8 Å². The summed E-state index contributed by atoms with van der Waals surface area (Å²) in [5.74, 6) is 0.575. The summed E-state index contributed by atoms with van der Waals surface area (Å²) in [4.78, 5) is 23.8. The summed E-state index contributed by atoms with van der Waals surface area (Å²) in [7, 11) is 2.93. The molecule has 3 aromatic rings. The molecule has 1 aliphatic rings. The van der Waals surface area contributed by atoms with Gasteiger partial charge in [0.15, 0.2) is 11.9 Å². The maximum absolute atomic E-state index is 12.9. The third kappa shape index (κ3) is 4.02. The Kier molecular flexibility index (Phi) is 6.01. The number of benzene rings is 1. The highest BCUT2D eigenvalue weighted by Gasteiger charge is 2.36. The lowest BCUT2D eigenvalue weighted by molar-refractivity contribution is -0.164. The molecule has 3 heterocycles. The van der Waals surface area contributed by atoms with Gasteiger partial charge in [-0.2, -0.15) is 0 Å². The number of nitrogens with zero attached hydrogens (tertiary/aromatic N) is 4. The molecule has 4 rings (SSSR count). The van der Waals surface area contributed by atoms with E-state index in [0.717, 1.165) is 34.4 Å². The molecule has 8 nitrogen and oxygen atoms in total. The molecule has 176 valence electrons. The number of aryl methyl sites for hydroxylation is 2. The van der Waals surface area contributed by atoms with Gasteiger partial charge < -0.3 is 23.7 Å². The van der Waals surface area contributed by atoms with Crippen LogP contribution in [0.5, 0.6) is 5.75 Å². The second-order valence-corrected chi connectivity index (χ2v) is 9.49. The quantitative estimate of drug-likeness (QED) is 0.489. The van der Waals surface area contributed by atoms with E-state index in [2.05, 4.69) is 27.5 Å². The van der Waals surface area contributed by atoms with Gasteiger partial charge in [0.2, 0.25) is 5.95 Å². The predicted octanol–water partition coefficient (Wildman–Crippen LogP) is 4.89. The standard InChI is InChI=1S/C24H29ClN4O4/c1-13-10-16-14(2)17(21(22(30)32-7)33-24(3,4)5)18(25)20-19(16)28(13)8-9-29(20)23-26-11-15(31-6)12-27-23/h10-12,21H,8-9H2,1-7H3/t21-/m0/s1. The number of hydrogen-bond acceptors (Lipinski definition) is 7. The van der Waals surface area contributed by atoms with E-state index in [1.165, 1.54) is 7.11 Å². The second-order valence-electron chi connectivity index (χ2n) is 9.11. The molecule has 1 aromatic carbocycles. The van der Waals surface area contributed by atoms with Crippen molar-refractivity contribution >= 4 is 40.1 Å². The summed E-state index contributed by atoms with van der Waals surface area (Å²) in [6.45, 7) is 11.1. The average molecular weight is 473 g/mol. The van der Waals surface area contributed by atoms with Crippen LogP contribution >= 0.6 is 11.6 Å². The minimum atomic E-state index is -0.979. The summed E-state index contributed by atoms with van der Waals surface area (Å²) < 4.78 is 18.7. The molecule has 0 spiro atoms. The van der Waals surface area contributed by atoms with E-state index in [1.807, 2.05) is 32.6 Å². The minimum Gasteiger partial charge on any atom is -0.494 e. The van der Waals surface area contributed by atoms with Crippen LogP contribution in [-0.4, -0.2) is 46.9 Å². The molecule has 1 aliphatic heterocycles. The van der Waals surface area contributed by atoms with Gasteiger partial charge in [-0.05, 0) is 46.2 Å². The molecule has 0 aliphatic carbocycles. The summed E-state index contributed by atoms with van der Waals surface area (Å²) in [5, 5.41) is 1.43. The van der Waals surface area contributed by atoms with Crippen LogP contribution in [0.25, 0.3) is 10.9 Å².